The van der Waals surface area contributed by atoms with Crippen LogP contribution in [0.1, 0.15) is 34.5 Å². The van der Waals surface area contributed by atoms with Crippen LogP contribution in [0.25, 0.3) is 11.0 Å². The predicted octanol–water partition coefficient (Wildman–Crippen LogP) is 2.10. The number of aryl methyl sites for hydroxylation is 2. The molecule has 0 bridgehead atoms. The second-order valence-electron chi connectivity index (χ2n) is 6.86. The Morgan fingerprint density at radius 2 is 1.84 bits per heavy atom. The van der Waals surface area contributed by atoms with Gasteiger partial charge in [0, 0.05) is 25.5 Å². The average Bonchev–Trinajstić information content (AvgIpc) is 2.97. The Kier molecular flexibility index (Phi) is 4.81. The molecule has 2 heterocycles. The molecule has 1 fully saturated rings. The SMILES string of the molecule is Cc1cc2cc(C(=O)N(C)CC(=O)N3CCC(O)CC3)oc2cc1C. The molecule has 0 atom stereocenters. The van der Waals surface area contributed by atoms with Gasteiger partial charge in [-0.15, -0.1) is 0 Å². The van der Waals surface area contributed by atoms with Crippen molar-refractivity contribution in [3.63, 3.8) is 0 Å². The van der Waals surface area contributed by atoms with Gasteiger partial charge in [0.15, 0.2) is 5.76 Å². The monoisotopic (exact) mass is 344 g/mol. The Labute approximate surface area is 147 Å². The molecule has 6 nitrogen and oxygen atoms in total. The number of fused-ring (bicyclic) bond motifs is 1. The van der Waals surface area contributed by atoms with Gasteiger partial charge in [0.1, 0.15) is 5.58 Å². The van der Waals surface area contributed by atoms with Crippen molar-refractivity contribution in [3.05, 3.63) is 35.1 Å². The zero-order valence-electron chi connectivity index (χ0n) is 14.9. The molecule has 2 aromatic rings. The number of rotatable bonds is 3. The van der Waals surface area contributed by atoms with Crippen LogP contribution in [-0.4, -0.2) is 59.5 Å². The number of aliphatic hydroxyl groups excluding tert-OH is 1. The highest BCUT2D eigenvalue weighted by Gasteiger charge is 2.25. The summed E-state index contributed by atoms with van der Waals surface area (Å²) in [7, 11) is 1.60. The first kappa shape index (κ1) is 17.5. The summed E-state index contributed by atoms with van der Waals surface area (Å²) >= 11 is 0. The zero-order valence-corrected chi connectivity index (χ0v) is 14.9. The van der Waals surface area contributed by atoms with E-state index in [9.17, 15) is 14.7 Å². The third-order valence-corrected chi connectivity index (χ3v) is 4.88. The van der Waals surface area contributed by atoms with Gasteiger partial charge < -0.3 is 19.3 Å². The minimum absolute atomic E-state index is 0.00400. The summed E-state index contributed by atoms with van der Waals surface area (Å²) in [6.07, 6.45) is 0.850. The lowest BCUT2D eigenvalue weighted by Gasteiger charge is -2.30. The largest absolute Gasteiger partial charge is 0.451 e. The smallest absolute Gasteiger partial charge is 0.289 e. The van der Waals surface area contributed by atoms with Crippen LogP contribution < -0.4 is 0 Å². The van der Waals surface area contributed by atoms with Gasteiger partial charge in [0.2, 0.25) is 5.91 Å². The van der Waals surface area contributed by atoms with Crippen molar-refractivity contribution < 1.29 is 19.1 Å². The maximum atomic E-state index is 12.6. The van der Waals surface area contributed by atoms with E-state index in [4.69, 9.17) is 4.42 Å². The first-order chi connectivity index (χ1) is 11.8. The third-order valence-electron chi connectivity index (χ3n) is 4.88. The fraction of sp³-hybridized carbons (Fsp3) is 0.474. The maximum Gasteiger partial charge on any atom is 0.289 e. The standard InChI is InChI=1S/C19H24N2O4/c1-12-8-14-10-17(25-16(14)9-13(12)2)19(24)20(3)11-18(23)21-6-4-15(22)5-7-21/h8-10,15,22H,4-7,11H2,1-3H3. The lowest BCUT2D eigenvalue weighted by molar-refractivity contribution is -0.133. The van der Waals surface area contributed by atoms with Gasteiger partial charge >= 0.3 is 0 Å². The summed E-state index contributed by atoms with van der Waals surface area (Å²) in [6.45, 7) is 5.09. The highest BCUT2D eigenvalue weighted by Crippen LogP contribution is 2.24. The number of furan rings is 1. The molecule has 1 aliphatic rings. The number of hydrogen-bond donors (Lipinski definition) is 1. The van der Waals surface area contributed by atoms with Gasteiger partial charge in [0.05, 0.1) is 12.6 Å². The maximum absolute atomic E-state index is 12.6. The van der Waals surface area contributed by atoms with E-state index < -0.39 is 0 Å². The minimum atomic E-state index is -0.328. The number of nitrogens with zero attached hydrogens (tertiary/aromatic N) is 2. The van der Waals surface area contributed by atoms with Crippen LogP contribution in [-0.2, 0) is 4.79 Å². The molecular weight excluding hydrogens is 320 g/mol. The summed E-state index contributed by atoms with van der Waals surface area (Å²) in [4.78, 5) is 28.0. The van der Waals surface area contributed by atoms with E-state index in [1.165, 1.54) is 4.90 Å². The molecule has 25 heavy (non-hydrogen) atoms. The molecule has 1 saturated heterocycles. The summed E-state index contributed by atoms with van der Waals surface area (Å²) in [6, 6.07) is 5.64. The number of carbonyl (C=O) groups is 2. The van der Waals surface area contributed by atoms with E-state index >= 15 is 0 Å². The molecule has 1 N–H and O–H groups in total. The van der Waals surface area contributed by atoms with Crippen molar-refractivity contribution in [3.8, 4) is 0 Å². The van der Waals surface area contributed by atoms with Crippen LogP contribution in [0, 0.1) is 13.8 Å². The lowest BCUT2D eigenvalue weighted by atomic mass is 10.1. The van der Waals surface area contributed by atoms with E-state index in [2.05, 4.69) is 0 Å². The van der Waals surface area contributed by atoms with Crippen LogP contribution >= 0.6 is 0 Å². The van der Waals surface area contributed by atoms with Crippen LogP contribution in [0.15, 0.2) is 22.6 Å². The summed E-state index contributed by atoms with van der Waals surface area (Å²) in [5, 5.41) is 10.4. The van der Waals surface area contributed by atoms with Gasteiger partial charge in [-0.05, 0) is 56.0 Å². The Hall–Kier alpha value is -2.34. The number of likely N-dealkylation sites (tertiary alicyclic amines) is 1. The average molecular weight is 344 g/mol. The van der Waals surface area contributed by atoms with Crippen molar-refractivity contribution in [2.45, 2.75) is 32.8 Å². The molecule has 134 valence electrons. The van der Waals surface area contributed by atoms with E-state index in [1.54, 1.807) is 18.0 Å². The lowest BCUT2D eigenvalue weighted by Crippen LogP contribution is -2.45. The van der Waals surface area contributed by atoms with E-state index in [-0.39, 0.29) is 30.2 Å². The molecule has 0 aliphatic carbocycles. The number of carbonyl (C=O) groups excluding carboxylic acids is 2. The number of benzene rings is 1. The van der Waals surface area contributed by atoms with E-state index in [0.717, 1.165) is 16.5 Å². The van der Waals surface area contributed by atoms with Gasteiger partial charge in [0.25, 0.3) is 5.91 Å². The van der Waals surface area contributed by atoms with E-state index in [1.807, 2.05) is 26.0 Å². The molecule has 2 amide bonds. The predicted molar refractivity (Wildman–Crippen MR) is 94.5 cm³/mol. The van der Waals surface area contributed by atoms with Gasteiger partial charge in [-0.2, -0.15) is 0 Å². The fourth-order valence-electron chi connectivity index (χ4n) is 3.09. The Morgan fingerprint density at radius 3 is 2.52 bits per heavy atom. The first-order valence-corrected chi connectivity index (χ1v) is 8.57. The van der Waals surface area contributed by atoms with Crippen molar-refractivity contribution in [2.75, 3.05) is 26.7 Å². The van der Waals surface area contributed by atoms with Crippen LogP contribution in [0.5, 0.6) is 0 Å². The summed E-state index contributed by atoms with van der Waals surface area (Å²) < 4.78 is 5.68. The molecule has 0 unspecified atom stereocenters. The minimum Gasteiger partial charge on any atom is -0.451 e. The van der Waals surface area contributed by atoms with Crippen LogP contribution in [0.4, 0.5) is 0 Å². The number of aliphatic hydroxyl groups is 1. The van der Waals surface area contributed by atoms with E-state index in [0.29, 0.717) is 31.5 Å². The van der Waals surface area contributed by atoms with Crippen LogP contribution in [0.2, 0.25) is 0 Å². The van der Waals surface area contributed by atoms with Gasteiger partial charge in [-0.1, -0.05) is 0 Å². The number of likely N-dealkylation sites (N-methyl/N-ethyl adjacent to an activating group) is 1. The number of piperidine rings is 1. The first-order valence-electron chi connectivity index (χ1n) is 8.57. The summed E-state index contributed by atoms with van der Waals surface area (Å²) in [5.41, 5.74) is 2.93. The molecule has 1 aromatic carbocycles. The fourth-order valence-corrected chi connectivity index (χ4v) is 3.09. The number of hydrogen-bond acceptors (Lipinski definition) is 4. The highest BCUT2D eigenvalue weighted by atomic mass is 16.3. The van der Waals surface area contributed by atoms with Crippen molar-refractivity contribution in [2.24, 2.45) is 0 Å². The molecule has 1 aromatic heterocycles. The van der Waals surface area contributed by atoms with Gasteiger partial charge in [-0.25, -0.2) is 0 Å². The molecule has 0 radical (unpaired) electrons. The second-order valence-corrected chi connectivity index (χ2v) is 6.86. The normalized spacial score (nSPS) is 15.6. The molecular formula is C19H24N2O4. The van der Waals surface area contributed by atoms with Crippen molar-refractivity contribution >= 4 is 22.8 Å². The Bertz CT molecular complexity index is 764. The molecule has 6 heteroatoms. The van der Waals surface area contributed by atoms with Crippen molar-refractivity contribution in [1.29, 1.82) is 0 Å². The Balaban J connectivity index is 1.68. The van der Waals surface area contributed by atoms with Crippen molar-refractivity contribution in [1.82, 2.24) is 9.80 Å². The topological polar surface area (TPSA) is 74.0 Å². The van der Waals surface area contributed by atoms with Crippen LogP contribution in [0.3, 0.4) is 0 Å². The molecule has 3 rings (SSSR count). The molecule has 1 aliphatic heterocycles. The third kappa shape index (κ3) is 3.69. The quantitative estimate of drug-likeness (QED) is 0.925. The van der Waals surface area contributed by atoms with Gasteiger partial charge in [-0.3, -0.25) is 9.59 Å². The molecule has 0 saturated carbocycles. The number of amides is 2. The highest BCUT2D eigenvalue weighted by molar-refractivity contribution is 5.97. The zero-order chi connectivity index (χ0) is 18.1. The summed E-state index contributed by atoms with van der Waals surface area (Å²) in [5.74, 6) is -0.174. The Morgan fingerprint density at radius 1 is 1.20 bits per heavy atom. The second kappa shape index (κ2) is 6.88. The molecule has 0 spiro atoms.